The number of benzene rings is 8. The molecule has 0 spiro atoms. The van der Waals surface area contributed by atoms with Crippen molar-refractivity contribution < 1.29 is 4.42 Å². The van der Waals surface area contributed by atoms with Crippen LogP contribution in [0.3, 0.4) is 0 Å². The summed E-state index contributed by atoms with van der Waals surface area (Å²) in [5.41, 5.74) is 13.5. The molecular weight excluding hydrogens is 631 g/mol. The standard InChI is InChI=1S/C50H39NO/c1-50(2,3)40-25-20-35(21-26-40)36-22-27-41(28-23-36)51(42-29-30-45-44-18-9-10-19-47(44)52-48(45)33-42)46-31-24-37-14-7-8-17-43(37)49(46)39-16-11-15-38(32-39)34-12-5-4-6-13-34/h4-33H,1-3H3. The fourth-order valence-corrected chi connectivity index (χ4v) is 7.48. The second-order valence-electron chi connectivity index (χ2n) is 14.6. The molecule has 0 atom stereocenters. The molecule has 0 unspecified atom stereocenters. The second-order valence-corrected chi connectivity index (χ2v) is 14.6. The van der Waals surface area contributed by atoms with E-state index in [0.717, 1.165) is 39.0 Å². The predicted molar refractivity (Wildman–Crippen MR) is 221 cm³/mol. The van der Waals surface area contributed by atoms with E-state index in [0.29, 0.717) is 0 Å². The van der Waals surface area contributed by atoms with E-state index in [9.17, 15) is 0 Å². The second kappa shape index (κ2) is 12.7. The van der Waals surface area contributed by atoms with Crippen LogP contribution < -0.4 is 4.90 Å². The first-order chi connectivity index (χ1) is 25.4. The Bertz CT molecular complexity index is 2700. The molecule has 0 radical (unpaired) electrons. The monoisotopic (exact) mass is 669 g/mol. The lowest BCUT2D eigenvalue weighted by molar-refractivity contribution is 0.590. The van der Waals surface area contributed by atoms with Crippen molar-refractivity contribution in [3.63, 3.8) is 0 Å². The van der Waals surface area contributed by atoms with Gasteiger partial charge in [-0.25, -0.2) is 0 Å². The number of rotatable bonds is 6. The van der Waals surface area contributed by atoms with Crippen molar-refractivity contribution in [1.82, 2.24) is 0 Å². The first-order valence-electron chi connectivity index (χ1n) is 18.0. The number of fused-ring (bicyclic) bond motifs is 4. The van der Waals surface area contributed by atoms with E-state index in [1.807, 2.05) is 12.1 Å². The minimum atomic E-state index is 0.113. The average molecular weight is 670 g/mol. The van der Waals surface area contributed by atoms with Crippen LogP contribution in [-0.2, 0) is 5.41 Å². The largest absolute Gasteiger partial charge is 0.456 e. The Kier molecular flexibility index (Phi) is 7.74. The van der Waals surface area contributed by atoms with Gasteiger partial charge in [0, 0.05) is 33.8 Å². The number of furan rings is 1. The summed E-state index contributed by atoms with van der Waals surface area (Å²) in [6.07, 6.45) is 0. The molecule has 2 nitrogen and oxygen atoms in total. The summed E-state index contributed by atoms with van der Waals surface area (Å²) < 4.78 is 6.45. The summed E-state index contributed by atoms with van der Waals surface area (Å²) in [6.45, 7) is 6.77. The van der Waals surface area contributed by atoms with Gasteiger partial charge in [0.1, 0.15) is 11.2 Å². The molecule has 0 N–H and O–H groups in total. The molecule has 2 heteroatoms. The molecule has 250 valence electrons. The first kappa shape index (κ1) is 31.6. The number of hydrogen-bond donors (Lipinski definition) is 0. The summed E-state index contributed by atoms with van der Waals surface area (Å²) >= 11 is 0. The maximum atomic E-state index is 6.45. The predicted octanol–water partition coefficient (Wildman–Crippen LogP) is 14.5. The van der Waals surface area contributed by atoms with Crippen molar-refractivity contribution in [2.45, 2.75) is 26.2 Å². The van der Waals surface area contributed by atoms with Gasteiger partial charge in [0.25, 0.3) is 0 Å². The van der Waals surface area contributed by atoms with Gasteiger partial charge in [-0.15, -0.1) is 0 Å². The zero-order valence-corrected chi connectivity index (χ0v) is 29.7. The summed E-state index contributed by atoms with van der Waals surface area (Å²) in [5, 5.41) is 4.65. The zero-order valence-electron chi connectivity index (χ0n) is 29.7. The van der Waals surface area contributed by atoms with Gasteiger partial charge in [0.2, 0.25) is 0 Å². The molecule has 52 heavy (non-hydrogen) atoms. The van der Waals surface area contributed by atoms with E-state index in [-0.39, 0.29) is 5.41 Å². The normalized spacial score (nSPS) is 11.8. The van der Waals surface area contributed by atoms with E-state index in [1.54, 1.807) is 0 Å². The van der Waals surface area contributed by atoms with Crippen LogP contribution in [0, 0.1) is 0 Å². The number of anilines is 3. The van der Waals surface area contributed by atoms with Gasteiger partial charge < -0.3 is 9.32 Å². The van der Waals surface area contributed by atoms with E-state index < -0.39 is 0 Å². The van der Waals surface area contributed by atoms with Gasteiger partial charge in [-0.2, -0.15) is 0 Å². The van der Waals surface area contributed by atoms with Crippen LogP contribution in [0.1, 0.15) is 26.3 Å². The van der Waals surface area contributed by atoms with Crippen LogP contribution in [-0.4, -0.2) is 0 Å². The topological polar surface area (TPSA) is 16.4 Å². The molecule has 8 aromatic carbocycles. The smallest absolute Gasteiger partial charge is 0.137 e. The molecule has 0 aliphatic rings. The molecule has 0 fully saturated rings. The number of para-hydroxylation sites is 1. The lowest BCUT2D eigenvalue weighted by atomic mass is 9.86. The van der Waals surface area contributed by atoms with Crippen molar-refractivity contribution >= 4 is 49.8 Å². The van der Waals surface area contributed by atoms with Crippen LogP contribution in [0.5, 0.6) is 0 Å². The lowest BCUT2D eigenvalue weighted by Crippen LogP contribution is -2.11. The Morgan fingerprint density at radius 3 is 1.77 bits per heavy atom. The maximum absolute atomic E-state index is 6.45. The highest BCUT2D eigenvalue weighted by atomic mass is 16.3. The average Bonchev–Trinajstić information content (AvgIpc) is 3.56. The van der Waals surface area contributed by atoms with Gasteiger partial charge in [-0.1, -0.05) is 154 Å². The molecular formula is C50H39NO. The van der Waals surface area contributed by atoms with Gasteiger partial charge in [0.05, 0.1) is 5.69 Å². The highest BCUT2D eigenvalue weighted by Gasteiger charge is 2.21. The van der Waals surface area contributed by atoms with E-state index in [4.69, 9.17) is 4.42 Å². The maximum Gasteiger partial charge on any atom is 0.137 e. The summed E-state index contributed by atoms with van der Waals surface area (Å²) in [5.74, 6) is 0. The fraction of sp³-hybridized carbons (Fsp3) is 0.0800. The van der Waals surface area contributed by atoms with Crippen molar-refractivity contribution in [3.8, 4) is 33.4 Å². The molecule has 0 amide bonds. The van der Waals surface area contributed by atoms with Crippen molar-refractivity contribution in [2.24, 2.45) is 0 Å². The Balaban J connectivity index is 1.25. The third kappa shape index (κ3) is 5.73. The third-order valence-corrected chi connectivity index (χ3v) is 10.2. The Morgan fingerprint density at radius 2 is 1.00 bits per heavy atom. The Hall–Kier alpha value is -6.38. The molecule has 9 rings (SSSR count). The SMILES string of the molecule is CC(C)(C)c1ccc(-c2ccc(N(c3ccc4c(c3)oc3ccccc34)c3ccc4ccccc4c3-c3cccc(-c4ccccc4)c3)cc2)cc1. The molecule has 0 bridgehead atoms. The van der Waals surface area contributed by atoms with Crippen LogP contribution in [0.15, 0.2) is 186 Å². The van der Waals surface area contributed by atoms with Gasteiger partial charge >= 0.3 is 0 Å². The Morgan fingerprint density at radius 1 is 0.404 bits per heavy atom. The highest BCUT2D eigenvalue weighted by molar-refractivity contribution is 6.08. The van der Waals surface area contributed by atoms with Crippen LogP contribution in [0.25, 0.3) is 66.1 Å². The molecule has 9 aromatic rings. The zero-order chi connectivity index (χ0) is 35.2. The van der Waals surface area contributed by atoms with Gasteiger partial charge in [0.15, 0.2) is 0 Å². The van der Waals surface area contributed by atoms with Gasteiger partial charge in [-0.3, -0.25) is 0 Å². The molecule has 0 aliphatic heterocycles. The van der Waals surface area contributed by atoms with Crippen LogP contribution in [0.4, 0.5) is 17.1 Å². The quantitative estimate of drug-likeness (QED) is 0.175. The molecule has 0 saturated heterocycles. The number of hydrogen-bond acceptors (Lipinski definition) is 2. The molecule has 0 saturated carbocycles. The third-order valence-electron chi connectivity index (χ3n) is 10.2. The van der Waals surface area contributed by atoms with Crippen LogP contribution >= 0.6 is 0 Å². The minimum absolute atomic E-state index is 0.113. The van der Waals surface area contributed by atoms with Gasteiger partial charge in [-0.05, 0) is 92.0 Å². The first-order valence-corrected chi connectivity index (χ1v) is 18.0. The highest BCUT2D eigenvalue weighted by Crippen LogP contribution is 2.46. The minimum Gasteiger partial charge on any atom is -0.456 e. The Labute approximate surface area is 305 Å². The summed E-state index contributed by atoms with van der Waals surface area (Å²) in [4.78, 5) is 2.38. The molecule has 0 aliphatic carbocycles. The fourth-order valence-electron chi connectivity index (χ4n) is 7.48. The number of nitrogens with zero attached hydrogens (tertiary/aromatic N) is 1. The summed E-state index contributed by atoms with van der Waals surface area (Å²) in [6, 6.07) is 65.6. The lowest BCUT2D eigenvalue weighted by Gasteiger charge is -2.29. The summed E-state index contributed by atoms with van der Waals surface area (Å²) in [7, 11) is 0. The van der Waals surface area contributed by atoms with Crippen molar-refractivity contribution in [3.05, 3.63) is 188 Å². The van der Waals surface area contributed by atoms with Crippen molar-refractivity contribution in [2.75, 3.05) is 4.90 Å². The molecule has 1 heterocycles. The van der Waals surface area contributed by atoms with Crippen molar-refractivity contribution in [1.29, 1.82) is 0 Å². The van der Waals surface area contributed by atoms with Crippen LogP contribution in [0.2, 0.25) is 0 Å². The molecule has 1 aromatic heterocycles. The van der Waals surface area contributed by atoms with E-state index in [1.165, 1.54) is 49.7 Å². The van der Waals surface area contributed by atoms with E-state index >= 15 is 0 Å². The van der Waals surface area contributed by atoms with E-state index in [2.05, 4.69) is 196 Å².